The fraction of sp³-hybridized carbons (Fsp3) is 0.0870. The van der Waals surface area contributed by atoms with Crippen LogP contribution in [0.5, 0.6) is 0 Å². The second-order valence-electron chi connectivity index (χ2n) is 6.80. The van der Waals surface area contributed by atoms with Crippen LogP contribution in [-0.2, 0) is 4.79 Å². The van der Waals surface area contributed by atoms with Gasteiger partial charge in [-0.3, -0.25) is 9.36 Å². The van der Waals surface area contributed by atoms with Crippen LogP contribution in [0.3, 0.4) is 0 Å². The summed E-state index contributed by atoms with van der Waals surface area (Å²) >= 11 is 7.27. The van der Waals surface area contributed by atoms with E-state index in [1.54, 1.807) is 24.3 Å². The predicted octanol–water partition coefficient (Wildman–Crippen LogP) is 5.77. The molecule has 0 spiro atoms. The first kappa shape index (κ1) is 21.1. The molecule has 0 saturated carbocycles. The molecule has 0 aliphatic carbocycles. The number of hydrogen-bond donors (Lipinski definition) is 1. The molecule has 4 rings (SSSR count). The van der Waals surface area contributed by atoms with Gasteiger partial charge in [0.1, 0.15) is 5.82 Å². The number of carbonyl (C=O) groups is 1. The van der Waals surface area contributed by atoms with Gasteiger partial charge in [0.2, 0.25) is 5.91 Å². The third-order valence-electron chi connectivity index (χ3n) is 4.51. The zero-order valence-corrected chi connectivity index (χ0v) is 18.1. The molecule has 8 heteroatoms. The molecular weight excluding hydrogens is 435 g/mol. The Balaban J connectivity index is 1.61. The fourth-order valence-corrected chi connectivity index (χ4v) is 3.83. The highest BCUT2D eigenvalue weighted by atomic mass is 35.5. The molecule has 156 valence electrons. The Morgan fingerprint density at radius 1 is 1.03 bits per heavy atom. The van der Waals surface area contributed by atoms with E-state index in [4.69, 9.17) is 11.6 Å². The van der Waals surface area contributed by atoms with Gasteiger partial charge < -0.3 is 5.32 Å². The lowest BCUT2D eigenvalue weighted by molar-refractivity contribution is -0.113. The largest absolute Gasteiger partial charge is 0.323 e. The summed E-state index contributed by atoms with van der Waals surface area (Å²) in [5.41, 5.74) is 3.01. The lowest BCUT2D eigenvalue weighted by Gasteiger charge is -2.11. The second kappa shape index (κ2) is 9.32. The van der Waals surface area contributed by atoms with E-state index < -0.39 is 5.82 Å². The Hall–Kier alpha value is -3.16. The molecule has 4 aromatic rings. The monoisotopic (exact) mass is 452 g/mol. The number of aryl methyl sites for hydroxylation is 1. The molecule has 0 atom stereocenters. The maximum absolute atomic E-state index is 13.8. The minimum atomic E-state index is -0.480. The van der Waals surface area contributed by atoms with Crippen molar-refractivity contribution in [1.82, 2.24) is 14.8 Å². The van der Waals surface area contributed by atoms with Crippen LogP contribution in [0.15, 0.2) is 78.0 Å². The van der Waals surface area contributed by atoms with Crippen LogP contribution in [0, 0.1) is 12.7 Å². The maximum atomic E-state index is 13.8. The van der Waals surface area contributed by atoms with Crippen molar-refractivity contribution in [2.24, 2.45) is 0 Å². The smallest absolute Gasteiger partial charge is 0.234 e. The highest BCUT2D eigenvalue weighted by Gasteiger charge is 2.18. The van der Waals surface area contributed by atoms with Gasteiger partial charge in [-0.05, 0) is 43.3 Å². The van der Waals surface area contributed by atoms with Crippen LogP contribution in [0.1, 0.15) is 5.56 Å². The number of aromatic nitrogens is 3. The number of hydrogen-bond acceptors (Lipinski definition) is 4. The van der Waals surface area contributed by atoms with Crippen molar-refractivity contribution >= 4 is 35.0 Å². The van der Waals surface area contributed by atoms with E-state index in [0.29, 0.717) is 16.0 Å². The minimum absolute atomic E-state index is 0.0496. The predicted molar refractivity (Wildman–Crippen MR) is 122 cm³/mol. The zero-order chi connectivity index (χ0) is 21.8. The van der Waals surface area contributed by atoms with E-state index in [2.05, 4.69) is 15.5 Å². The molecule has 31 heavy (non-hydrogen) atoms. The number of para-hydroxylation sites is 1. The quantitative estimate of drug-likeness (QED) is 0.377. The van der Waals surface area contributed by atoms with Crippen molar-refractivity contribution in [1.29, 1.82) is 0 Å². The summed E-state index contributed by atoms with van der Waals surface area (Å²) in [6.45, 7) is 2.02. The highest BCUT2D eigenvalue weighted by Crippen LogP contribution is 2.29. The van der Waals surface area contributed by atoms with Crippen LogP contribution in [0.25, 0.3) is 17.1 Å². The third-order valence-corrected chi connectivity index (χ3v) is 5.69. The maximum Gasteiger partial charge on any atom is 0.234 e. The number of benzene rings is 3. The molecule has 0 aliphatic heterocycles. The Morgan fingerprint density at radius 2 is 1.74 bits per heavy atom. The van der Waals surface area contributed by atoms with Crippen LogP contribution in [0.2, 0.25) is 5.02 Å². The highest BCUT2D eigenvalue weighted by molar-refractivity contribution is 7.99. The molecule has 1 heterocycles. The summed E-state index contributed by atoms with van der Waals surface area (Å²) in [5, 5.41) is 12.4. The van der Waals surface area contributed by atoms with Gasteiger partial charge >= 0.3 is 0 Å². The molecule has 1 aromatic heterocycles. The molecular formula is C23H18ClFN4OS. The second-order valence-corrected chi connectivity index (χ2v) is 8.18. The van der Waals surface area contributed by atoms with E-state index in [1.807, 2.05) is 47.9 Å². The number of nitrogens with one attached hydrogen (secondary N) is 1. The molecule has 0 saturated heterocycles. The standard InChI is InChI=1S/C23H18ClFN4OS/c1-15-6-8-16(9-7-15)22-27-28-23(29(22)18-12-10-17(24)11-13-18)31-14-21(30)26-20-5-3-2-4-19(20)25/h2-13H,14H2,1H3,(H,26,30). The Kier molecular flexibility index (Phi) is 6.34. The van der Waals surface area contributed by atoms with E-state index in [0.717, 1.165) is 16.8 Å². The molecule has 1 amide bonds. The van der Waals surface area contributed by atoms with Gasteiger partial charge in [0.05, 0.1) is 11.4 Å². The van der Waals surface area contributed by atoms with Crippen LogP contribution in [0.4, 0.5) is 10.1 Å². The molecule has 3 aromatic carbocycles. The summed E-state index contributed by atoms with van der Waals surface area (Å²) < 4.78 is 15.7. The van der Waals surface area contributed by atoms with Gasteiger partial charge in [-0.15, -0.1) is 10.2 Å². The van der Waals surface area contributed by atoms with Crippen molar-refractivity contribution in [3.05, 3.63) is 89.2 Å². The van der Waals surface area contributed by atoms with Crippen molar-refractivity contribution in [3.8, 4) is 17.1 Å². The lowest BCUT2D eigenvalue weighted by Crippen LogP contribution is -2.15. The third kappa shape index (κ3) is 4.95. The molecule has 0 aliphatic rings. The minimum Gasteiger partial charge on any atom is -0.323 e. The Morgan fingerprint density at radius 3 is 2.45 bits per heavy atom. The SMILES string of the molecule is Cc1ccc(-c2nnc(SCC(=O)Nc3ccccc3F)n2-c2ccc(Cl)cc2)cc1. The average molecular weight is 453 g/mol. The van der Waals surface area contributed by atoms with E-state index in [9.17, 15) is 9.18 Å². The summed E-state index contributed by atoms with van der Waals surface area (Å²) in [7, 11) is 0. The number of nitrogens with zero attached hydrogens (tertiary/aromatic N) is 3. The number of halogens is 2. The lowest BCUT2D eigenvalue weighted by atomic mass is 10.1. The normalized spacial score (nSPS) is 10.8. The summed E-state index contributed by atoms with van der Waals surface area (Å²) in [6, 6.07) is 21.3. The van der Waals surface area contributed by atoms with Gasteiger partial charge in [0.15, 0.2) is 11.0 Å². The summed E-state index contributed by atoms with van der Waals surface area (Å²) in [4.78, 5) is 12.4. The molecule has 0 bridgehead atoms. The summed E-state index contributed by atoms with van der Waals surface area (Å²) in [5.74, 6) is -0.114. The van der Waals surface area contributed by atoms with E-state index >= 15 is 0 Å². The number of carbonyl (C=O) groups excluding carboxylic acids is 1. The fourth-order valence-electron chi connectivity index (χ4n) is 2.95. The van der Waals surface area contributed by atoms with E-state index in [-0.39, 0.29) is 17.3 Å². The van der Waals surface area contributed by atoms with Crippen molar-refractivity contribution < 1.29 is 9.18 Å². The Bertz CT molecular complexity index is 1210. The number of amides is 1. The van der Waals surface area contributed by atoms with Gasteiger partial charge in [-0.2, -0.15) is 0 Å². The number of anilines is 1. The first-order valence-corrected chi connectivity index (χ1v) is 10.8. The van der Waals surface area contributed by atoms with Crippen molar-refractivity contribution in [2.45, 2.75) is 12.1 Å². The summed E-state index contributed by atoms with van der Waals surface area (Å²) in [6.07, 6.45) is 0. The Labute approximate surface area is 188 Å². The molecule has 0 fully saturated rings. The van der Waals surface area contributed by atoms with Crippen LogP contribution in [-0.4, -0.2) is 26.4 Å². The molecule has 0 unspecified atom stereocenters. The van der Waals surface area contributed by atoms with Crippen LogP contribution < -0.4 is 5.32 Å². The van der Waals surface area contributed by atoms with Crippen molar-refractivity contribution in [2.75, 3.05) is 11.1 Å². The van der Waals surface area contributed by atoms with Gasteiger partial charge in [0, 0.05) is 16.3 Å². The first-order chi connectivity index (χ1) is 15.0. The molecule has 0 radical (unpaired) electrons. The number of rotatable bonds is 6. The van der Waals surface area contributed by atoms with Crippen LogP contribution >= 0.6 is 23.4 Å². The zero-order valence-electron chi connectivity index (χ0n) is 16.5. The molecule has 1 N–H and O–H groups in total. The number of thioether (sulfide) groups is 1. The van der Waals surface area contributed by atoms with Gasteiger partial charge in [-0.1, -0.05) is 65.3 Å². The first-order valence-electron chi connectivity index (χ1n) is 9.47. The van der Waals surface area contributed by atoms with E-state index in [1.165, 1.54) is 23.9 Å². The average Bonchev–Trinajstić information content (AvgIpc) is 3.19. The van der Waals surface area contributed by atoms with Crippen molar-refractivity contribution in [3.63, 3.8) is 0 Å². The van der Waals surface area contributed by atoms with Gasteiger partial charge in [-0.25, -0.2) is 4.39 Å². The van der Waals surface area contributed by atoms with Gasteiger partial charge in [0.25, 0.3) is 0 Å². The topological polar surface area (TPSA) is 59.8 Å². The molecule has 5 nitrogen and oxygen atoms in total.